The lowest BCUT2D eigenvalue weighted by atomic mass is 10.1. The van der Waals surface area contributed by atoms with E-state index in [4.69, 9.17) is 4.74 Å². The molecule has 0 heterocycles. The van der Waals surface area contributed by atoms with Crippen LogP contribution in [0, 0.1) is 13.8 Å². The minimum atomic E-state index is -0.362. The largest absolute Gasteiger partial charge is 0.484 e. The molecular weight excluding hydrogens is 358 g/mol. The van der Waals surface area contributed by atoms with Crippen LogP contribution in [0.1, 0.15) is 28.4 Å². The third-order valence-electron chi connectivity index (χ3n) is 3.76. The number of anilines is 1. The first-order valence-electron chi connectivity index (χ1n) is 9.03. The summed E-state index contributed by atoms with van der Waals surface area (Å²) in [5, 5.41) is 7.93. The quantitative estimate of drug-likeness (QED) is 0.651. The fourth-order valence-corrected chi connectivity index (χ4v) is 2.63. The maximum atomic E-state index is 12.2. The Morgan fingerprint density at radius 1 is 0.929 bits per heavy atom. The summed E-state index contributed by atoms with van der Waals surface area (Å²) in [7, 11) is 0. The summed E-state index contributed by atoms with van der Waals surface area (Å²) in [6.07, 6.45) is 0. The second-order valence-electron chi connectivity index (χ2n) is 6.38. The Balaban J connectivity index is 1.86. The van der Waals surface area contributed by atoms with Crippen molar-refractivity contribution in [3.05, 3.63) is 59.2 Å². The van der Waals surface area contributed by atoms with E-state index in [-0.39, 0.29) is 30.9 Å². The van der Waals surface area contributed by atoms with Crippen molar-refractivity contribution in [1.82, 2.24) is 10.6 Å². The van der Waals surface area contributed by atoms with Crippen LogP contribution in [-0.4, -0.2) is 37.4 Å². The topological polar surface area (TPSA) is 96.5 Å². The van der Waals surface area contributed by atoms with Crippen LogP contribution in [0.25, 0.3) is 0 Å². The van der Waals surface area contributed by atoms with Crippen molar-refractivity contribution in [2.75, 3.05) is 25.0 Å². The first-order valence-corrected chi connectivity index (χ1v) is 9.03. The Morgan fingerprint density at radius 2 is 1.64 bits per heavy atom. The van der Waals surface area contributed by atoms with Crippen molar-refractivity contribution >= 4 is 23.4 Å². The number of carbonyl (C=O) groups is 3. The van der Waals surface area contributed by atoms with E-state index in [0.717, 1.165) is 11.1 Å². The zero-order valence-corrected chi connectivity index (χ0v) is 16.3. The SMILES string of the molecule is CCNC(=O)COc1cccc(NC(=O)CNC(=O)c2cc(C)cc(C)c2)c1. The van der Waals surface area contributed by atoms with Gasteiger partial charge in [-0.25, -0.2) is 0 Å². The van der Waals surface area contributed by atoms with Crippen LogP contribution in [0.2, 0.25) is 0 Å². The fourth-order valence-electron chi connectivity index (χ4n) is 2.63. The molecule has 7 nitrogen and oxygen atoms in total. The van der Waals surface area contributed by atoms with E-state index in [0.29, 0.717) is 23.5 Å². The van der Waals surface area contributed by atoms with Gasteiger partial charge in [-0.1, -0.05) is 23.3 Å². The summed E-state index contributed by atoms with van der Waals surface area (Å²) < 4.78 is 5.39. The molecular formula is C21H25N3O4. The molecule has 0 saturated carbocycles. The van der Waals surface area contributed by atoms with E-state index in [1.807, 2.05) is 26.8 Å². The second kappa shape index (κ2) is 10.1. The van der Waals surface area contributed by atoms with E-state index in [2.05, 4.69) is 16.0 Å². The standard InChI is InChI=1S/C21H25N3O4/c1-4-22-20(26)13-28-18-7-5-6-17(11-18)24-19(25)12-23-21(27)16-9-14(2)8-15(3)10-16/h5-11H,4,12-13H2,1-3H3,(H,22,26)(H,23,27)(H,24,25). The molecule has 0 aliphatic heterocycles. The monoisotopic (exact) mass is 383 g/mol. The molecule has 2 aromatic rings. The van der Waals surface area contributed by atoms with Gasteiger partial charge in [0.15, 0.2) is 6.61 Å². The zero-order valence-electron chi connectivity index (χ0n) is 16.3. The minimum absolute atomic E-state index is 0.1000. The van der Waals surface area contributed by atoms with Crippen LogP contribution in [0.5, 0.6) is 5.75 Å². The Labute approximate surface area is 164 Å². The van der Waals surface area contributed by atoms with Crippen molar-refractivity contribution in [2.45, 2.75) is 20.8 Å². The molecule has 28 heavy (non-hydrogen) atoms. The number of benzene rings is 2. The normalized spacial score (nSPS) is 10.1. The second-order valence-corrected chi connectivity index (χ2v) is 6.38. The molecule has 7 heteroatoms. The number of nitrogens with one attached hydrogen (secondary N) is 3. The number of amides is 3. The minimum Gasteiger partial charge on any atom is -0.484 e. The number of aryl methyl sites for hydroxylation is 2. The molecule has 0 spiro atoms. The number of carbonyl (C=O) groups excluding carboxylic acids is 3. The highest BCUT2D eigenvalue weighted by Gasteiger charge is 2.10. The van der Waals surface area contributed by atoms with Gasteiger partial charge in [0.1, 0.15) is 5.75 Å². The predicted octanol–water partition coefficient (Wildman–Crippen LogP) is 2.19. The summed E-state index contributed by atoms with van der Waals surface area (Å²) in [6.45, 7) is 5.93. The van der Waals surface area contributed by atoms with Gasteiger partial charge in [0.05, 0.1) is 6.54 Å². The van der Waals surface area contributed by atoms with Crippen LogP contribution in [-0.2, 0) is 9.59 Å². The van der Waals surface area contributed by atoms with E-state index < -0.39 is 0 Å². The van der Waals surface area contributed by atoms with Crippen molar-refractivity contribution in [2.24, 2.45) is 0 Å². The molecule has 2 aromatic carbocycles. The van der Waals surface area contributed by atoms with Crippen molar-refractivity contribution < 1.29 is 19.1 Å². The van der Waals surface area contributed by atoms with Gasteiger partial charge in [0.25, 0.3) is 11.8 Å². The van der Waals surface area contributed by atoms with Crippen molar-refractivity contribution in [1.29, 1.82) is 0 Å². The van der Waals surface area contributed by atoms with Gasteiger partial charge >= 0.3 is 0 Å². The highest BCUT2D eigenvalue weighted by molar-refractivity contribution is 5.99. The summed E-state index contributed by atoms with van der Waals surface area (Å²) in [6, 6.07) is 12.2. The Kier molecular flexibility index (Phi) is 7.56. The third-order valence-corrected chi connectivity index (χ3v) is 3.76. The molecule has 0 radical (unpaired) electrons. The van der Waals surface area contributed by atoms with Gasteiger partial charge in [0, 0.05) is 23.9 Å². The molecule has 0 bridgehead atoms. The number of hydrogen-bond donors (Lipinski definition) is 3. The summed E-state index contributed by atoms with van der Waals surface area (Å²) in [5.74, 6) is -0.422. The van der Waals surface area contributed by atoms with Gasteiger partial charge in [0.2, 0.25) is 5.91 Å². The lowest BCUT2D eigenvalue weighted by Crippen LogP contribution is -2.33. The fraction of sp³-hybridized carbons (Fsp3) is 0.286. The van der Waals surface area contributed by atoms with Gasteiger partial charge in [-0.2, -0.15) is 0 Å². The molecule has 3 N–H and O–H groups in total. The molecule has 148 valence electrons. The molecule has 0 unspecified atom stereocenters. The molecule has 0 aromatic heterocycles. The number of rotatable bonds is 8. The lowest BCUT2D eigenvalue weighted by molar-refractivity contribution is -0.123. The number of likely N-dealkylation sites (N-methyl/N-ethyl adjacent to an activating group) is 1. The highest BCUT2D eigenvalue weighted by atomic mass is 16.5. The van der Waals surface area contributed by atoms with Crippen LogP contribution in [0.4, 0.5) is 5.69 Å². The van der Waals surface area contributed by atoms with E-state index >= 15 is 0 Å². The van der Waals surface area contributed by atoms with Gasteiger partial charge < -0.3 is 20.7 Å². The smallest absolute Gasteiger partial charge is 0.257 e. The molecule has 0 aliphatic carbocycles. The summed E-state index contributed by atoms with van der Waals surface area (Å²) in [5.41, 5.74) is 3.00. The van der Waals surface area contributed by atoms with Crippen LogP contribution in [0.3, 0.4) is 0 Å². The summed E-state index contributed by atoms with van der Waals surface area (Å²) in [4.78, 5) is 35.8. The maximum absolute atomic E-state index is 12.2. The van der Waals surface area contributed by atoms with Gasteiger partial charge in [-0.05, 0) is 45.0 Å². The average Bonchev–Trinajstić information content (AvgIpc) is 2.64. The molecule has 2 rings (SSSR count). The van der Waals surface area contributed by atoms with Crippen molar-refractivity contribution in [3.8, 4) is 5.75 Å². The summed E-state index contributed by atoms with van der Waals surface area (Å²) >= 11 is 0. The zero-order chi connectivity index (χ0) is 20.5. The Hall–Kier alpha value is -3.35. The van der Waals surface area contributed by atoms with Gasteiger partial charge in [-0.3, -0.25) is 14.4 Å². The number of ether oxygens (including phenoxy) is 1. The Bertz CT molecular complexity index is 844. The van der Waals surface area contributed by atoms with Crippen LogP contribution < -0.4 is 20.7 Å². The van der Waals surface area contributed by atoms with E-state index in [9.17, 15) is 14.4 Å². The maximum Gasteiger partial charge on any atom is 0.257 e. The molecule has 0 saturated heterocycles. The molecule has 0 fully saturated rings. The third kappa shape index (κ3) is 6.75. The number of hydrogen-bond acceptors (Lipinski definition) is 4. The van der Waals surface area contributed by atoms with E-state index in [1.54, 1.807) is 36.4 Å². The van der Waals surface area contributed by atoms with Crippen molar-refractivity contribution in [3.63, 3.8) is 0 Å². The van der Waals surface area contributed by atoms with E-state index in [1.165, 1.54) is 0 Å². The Morgan fingerprint density at radius 3 is 2.32 bits per heavy atom. The van der Waals surface area contributed by atoms with Crippen LogP contribution in [0.15, 0.2) is 42.5 Å². The highest BCUT2D eigenvalue weighted by Crippen LogP contribution is 2.17. The molecule has 0 atom stereocenters. The lowest BCUT2D eigenvalue weighted by Gasteiger charge is -2.10. The average molecular weight is 383 g/mol. The predicted molar refractivity (Wildman–Crippen MR) is 107 cm³/mol. The molecule has 3 amide bonds. The first kappa shape index (κ1) is 21.0. The molecule has 0 aliphatic rings. The first-order chi connectivity index (χ1) is 13.4. The van der Waals surface area contributed by atoms with Gasteiger partial charge in [-0.15, -0.1) is 0 Å². The van der Waals surface area contributed by atoms with Crippen LogP contribution >= 0.6 is 0 Å².